The number of hydrogen-bond acceptors (Lipinski definition) is 5. The van der Waals surface area contributed by atoms with Crippen molar-refractivity contribution in [2.75, 3.05) is 59.8 Å². The maximum atomic E-state index is 5.88. The molecule has 5 nitrogen and oxygen atoms in total. The average molecular weight is 276 g/mol. The molecule has 0 aliphatic rings. The zero-order valence-electron chi connectivity index (χ0n) is 13.1. The highest BCUT2D eigenvalue weighted by Gasteiger charge is 2.26. The normalized spacial score (nSPS) is 14.8. The summed E-state index contributed by atoms with van der Waals surface area (Å²) in [6.07, 6.45) is 1.05. The summed E-state index contributed by atoms with van der Waals surface area (Å²) in [6.45, 7) is 12.4. The first kappa shape index (κ1) is 18.8. The fraction of sp³-hybridized carbons (Fsp3) is 1.00. The summed E-state index contributed by atoms with van der Waals surface area (Å²) in [4.78, 5) is 2.39. The molecule has 0 heterocycles. The number of ether oxygens (including phenoxy) is 3. The van der Waals surface area contributed by atoms with Crippen LogP contribution in [0.5, 0.6) is 0 Å². The van der Waals surface area contributed by atoms with Crippen molar-refractivity contribution in [2.24, 2.45) is 5.73 Å². The fourth-order valence-corrected chi connectivity index (χ4v) is 1.95. The van der Waals surface area contributed by atoms with Crippen molar-refractivity contribution < 1.29 is 14.2 Å². The number of hydrogen-bond donors (Lipinski definition) is 1. The first-order chi connectivity index (χ1) is 9.14. The first-order valence-electron chi connectivity index (χ1n) is 7.24. The van der Waals surface area contributed by atoms with Gasteiger partial charge in [-0.25, -0.2) is 0 Å². The second kappa shape index (κ2) is 11.6. The fourth-order valence-electron chi connectivity index (χ4n) is 1.95. The van der Waals surface area contributed by atoms with Crippen molar-refractivity contribution in [2.45, 2.75) is 32.7 Å². The molecule has 0 aromatic carbocycles. The number of nitrogens with two attached hydrogens (primary N) is 1. The Labute approximate surface area is 118 Å². The Kier molecular flexibility index (Phi) is 11.5. The molecule has 0 bridgehead atoms. The lowest BCUT2D eigenvalue weighted by molar-refractivity contribution is 0.00942. The lowest BCUT2D eigenvalue weighted by Gasteiger charge is -2.39. The van der Waals surface area contributed by atoms with Gasteiger partial charge < -0.3 is 19.9 Å². The zero-order chi connectivity index (χ0) is 14.6. The molecule has 0 rings (SSSR count). The summed E-state index contributed by atoms with van der Waals surface area (Å²) >= 11 is 0. The molecule has 1 unspecified atom stereocenters. The lowest BCUT2D eigenvalue weighted by atomic mass is 9.96. The molecule has 0 aliphatic heterocycles. The van der Waals surface area contributed by atoms with E-state index in [0.717, 1.165) is 26.1 Å². The molecule has 5 heteroatoms. The molecular weight excluding hydrogens is 244 g/mol. The van der Waals surface area contributed by atoms with Crippen LogP contribution in [0.1, 0.15) is 27.2 Å². The molecule has 0 saturated heterocycles. The van der Waals surface area contributed by atoms with Crippen LogP contribution in [0.25, 0.3) is 0 Å². The highest BCUT2D eigenvalue weighted by atomic mass is 16.5. The van der Waals surface area contributed by atoms with Gasteiger partial charge in [-0.05, 0) is 19.9 Å². The van der Waals surface area contributed by atoms with Gasteiger partial charge in [-0.15, -0.1) is 0 Å². The number of nitrogens with zero attached hydrogens (tertiary/aromatic N) is 1. The van der Waals surface area contributed by atoms with Crippen LogP contribution >= 0.6 is 0 Å². The second-order valence-corrected chi connectivity index (χ2v) is 4.85. The van der Waals surface area contributed by atoms with E-state index in [1.807, 2.05) is 0 Å². The van der Waals surface area contributed by atoms with Gasteiger partial charge in [-0.2, -0.15) is 0 Å². The third kappa shape index (κ3) is 7.84. The minimum Gasteiger partial charge on any atom is -0.382 e. The molecule has 0 saturated carbocycles. The largest absolute Gasteiger partial charge is 0.382 e. The minimum atomic E-state index is 0.0765. The standard InChI is InChI=1S/C14H32N2O3/c1-5-14(3,13-15)16(6-2)7-8-18-11-12-19-10-9-17-4/h5-13,15H2,1-4H3. The van der Waals surface area contributed by atoms with E-state index in [9.17, 15) is 0 Å². The maximum Gasteiger partial charge on any atom is 0.0701 e. The van der Waals surface area contributed by atoms with Crippen LogP contribution in [0.2, 0.25) is 0 Å². The molecule has 1 atom stereocenters. The summed E-state index contributed by atoms with van der Waals surface area (Å²) in [5.41, 5.74) is 5.95. The Balaban J connectivity index is 3.67. The van der Waals surface area contributed by atoms with Gasteiger partial charge in [0.25, 0.3) is 0 Å². The van der Waals surface area contributed by atoms with Crippen LogP contribution in [-0.4, -0.2) is 70.2 Å². The number of likely N-dealkylation sites (N-methyl/N-ethyl adjacent to an activating group) is 1. The minimum absolute atomic E-state index is 0.0765. The van der Waals surface area contributed by atoms with Crippen LogP contribution in [0.3, 0.4) is 0 Å². The van der Waals surface area contributed by atoms with Crippen molar-refractivity contribution in [3.05, 3.63) is 0 Å². The van der Waals surface area contributed by atoms with E-state index in [0.29, 0.717) is 33.0 Å². The van der Waals surface area contributed by atoms with E-state index in [1.165, 1.54) is 0 Å². The third-order valence-electron chi connectivity index (χ3n) is 3.66. The molecular formula is C14H32N2O3. The molecule has 116 valence electrons. The molecule has 0 radical (unpaired) electrons. The van der Waals surface area contributed by atoms with Crippen LogP contribution in [0, 0.1) is 0 Å². The Morgan fingerprint density at radius 1 is 1.00 bits per heavy atom. The third-order valence-corrected chi connectivity index (χ3v) is 3.66. The van der Waals surface area contributed by atoms with Gasteiger partial charge in [0, 0.05) is 25.7 Å². The monoisotopic (exact) mass is 276 g/mol. The van der Waals surface area contributed by atoms with Crippen molar-refractivity contribution in [1.82, 2.24) is 4.90 Å². The van der Waals surface area contributed by atoms with E-state index in [1.54, 1.807) is 7.11 Å². The van der Waals surface area contributed by atoms with Gasteiger partial charge in [-0.1, -0.05) is 13.8 Å². The average Bonchev–Trinajstić information content (AvgIpc) is 2.45. The molecule has 0 aliphatic carbocycles. The molecule has 0 aromatic rings. The number of rotatable bonds is 13. The van der Waals surface area contributed by atoms with Gasteiger partial charge >= 0.3 is 0 Å². The molecule has 0 amide bonds. The van der Waals surface area contributed by atoms with Gasteiger partial charge in [0.2, 0.25) is 0 Å². The Morgan fingerprint density at radius 2 is 1.58 bits per heavy atom. The highest BCUT2D eigenvalue weighted by Crippen LogP contribution is 2.17. The number of methoxy groups -OCH3 is 1. The van der Waals surface area contributed by atoms with E-state index in [2.05, 4.69) is 25.7 Å². The van der Waals surface area contributed by atoms with Crippen LogP contribution in [-0.2, 0) is 14.2 Å². The SMILES string of the molecule is CCN(CCOCCOCCOC)C(C)(CC)CN. The van der Waals surface area contributed by atoms with Gasteiger partial charge in [-0.3, -0.25) is 4.90 Å². The molecule has 0 fully saturated rings. The first-order valence-corrected chi connectivity index (χ1v) is 7.24. The van der Waals surface area contributed by atoms with Gasteiger partial charge in [0.1, 0.15) is 0 Å². The quantitative estimate of drug-likeness (QED) is 0.511. The Morgan fingerprint density at radius 3 is 2.05 bits per heavy atom. The Hall–Kier alpha value is -0.200. The molecule has 2 N–H and O–H groups in total. The van der Waals surface area contributed by atoms with Crippen molar-refractivity contribution in [1.29, 1.82) is 0 Å². The summed E-state index contributed by atoms with van der Waals surface area (Å²) in [5.74, 6) is 0. The second-order valence-electron chi connectivity index (χ2n) is 4.85. The predicted molar refractivity (Wildman–Crippen MR) is 78.5 cm³/mol. The van der Waals surface area contributed by atoms with Crippen molar-refractivity contribution in [3.8, 4) is 0 Å². The predicted octanol–water partition coefficient (Wildman–Crippen LogP) is 1.12. The van der Waals surface area contributed by atoms with E-state index in [4.69, 9.17) is 19.9 Å². The summed E-state index contributed by atoms with van der Waals surface area (Å²) in [6, 6.07) is 0. The van der Waals surface area contributed by atoms with Crippen molar-refractivity contribution in [3.63, 3.8) is 0 Å². The molecule has 0 spiro atoms. The van der Waals surface area contributed by atoms with Gasteiger partial charge in [0.15, 0.2) is 0 Å². The van der Waals surface area contributed by atoms with Crippen LogP contribution in [0.4, 0.5) is 0 Å². The summed E-state index contributed by atoms with van der Waals surface area (Å²) < 4.78 is 15.8. The van der Waals surface area contributed by atoms with E-state index >= 15 is 0 Å². The zero-order valence-corrected chi connectivity index (χ0v) is 13.1. The van der Waals surface area contributed by atoms with Gasteiger partial charge in [0.05, 0.1) is 33.0 Å². The lowest BCUT2D eigenvalue weighted by Crippen LogP contribution is -2.52. The van der Waals surface area contributed by atoms with E-state index < -0.39 is 0 Å². The smallest absolute Gasteiger partial charge is 0.0701 e. The topological polar surface area (TPSA) is 57.0 Å². The Bertz CT molecular complexity index is 199. The molecule has 19 heavy (non-hydrogen) atoms. The summed E-state index contributed by atoms with van der Waals surface area (Å²) in [7, 11) is 1.67. The summed E-state index contributed by atoms with van der Waals surface area (Å²) in [5, 5.41) is 0. The molecule has 0 aromatic heterocycles. The maximum absolute atomic E-state index is 5.88. The van der Waals surface area contributed by atoms with Crippen molar-refractivity contribution >= 4 is 0 Å². The van der Waals surface area contributed by atoms with Crippen LogP contribution < -0.4 is 5.73 Å². The van der Waals surface area contributed by atoms with Crippen LogP contribution in [0.15, 0.2) is 0 Å². The van der Waals surface area contributed by atoms with E-state index in [-0.39, 0.29) is 5.54 Å². The highest BCUT2D eigenvalue weighted by molar-refractivity contribution is 4.85.